The van der Waals surface area contributed by atoms with E-state index in [0.29, 0.717) is 31.7 Å². The summed E-state index contributed by atoms with van der Waals surface area (Å²) in [5.41, 5.74) is 0.757. The molecule has 0 bridgehead atoms. The molecule has 1 aromatic carbocycles. The third-order valence-corrected chi connectivity index (χ3v) is 2.93. The number of nitro groups is 1. The molecule has 0 heterocycles. The SMILES string of the molecule is C=CCN(CCc1ccccc1[N+](=O)[O-])CC(=O)OCC. The third kappa shape index (κ3) is 5.74. The predicted molar refractivity (Wildman–Crippen MR) is 80.1 cm³/mol. The van der Waals surface area contributed by atoms with Crippen LogP contribution in [0.2, 0.25) is 0 Å². The lowest BCUT2D eigenvalue weighted by atomic mass is 10.1. The van der Waals surface area contributed by atoms with Gasteiger partial charge in [0.1, 0.15) is 0 Å². The van der Waals surface area contributed by atoms with Gasteiger partial charge < -0.3 is 4.74 Å². The second-order valence-electron chi connectivity index (χ2n) is 4.46. The molecule has 0 fully saturated rings. The lowest BCUT2D eigenvalue weighted by Crippen LogP contribution is -2.33. The highest BCUT2D eigenvalue weighted by atomic mass is 16.6. The number of esters is 1. The van der Waals surface area contributed by atoms with Crippen LogP contribution >= 0.6 is 0 Å². The topological polar surface area (TPSA) is 72.7 Å². The van der Waals surface area contributed by atoms with Gasteiger partial charge in [-0.15, -0.1) is 6.58 Å². The summed E-state index contributed by atoms with van der Waals surface area (Å²) in [6, 6.07) is 6.63. The summed E-state index contributed by atoms with van der Waals surface area (Å²) in [7, 11) is 0. The average Bonchev–Trinajstić information content (AvgIpc) is 2.45. The van der Waals surface area contributed by atoms with Gasteiger partial charge in [0.2, 0.25) is 0 Å². The Hall–Kier alpha value is -2.21. The van der Waals surface area contributed by atoms with Crippen LogP contribution in [0, 0.1) is 10.1 Å². The van der Waals surface area contributed by atoms with Crippen molar-refractivity contribution >= 4 is 11.7 Å². The maximum Gasteiger partial charge on any atom is 0.320 e. The normalized spacial score (nSPS) is 10.4. The van der Waals surface area contributed by atoms with E-state index < -0.39 is 4.92 Å². The van der Waals surface area contributed by atoms with Crippen molar-refractivity contribution in [3.8, 4) is 0 Å². The molecule has 0 amide bonds. The van der Waals surface area contributed by atoms with E-state index in [0.717, 1.165) is 0 Å². The van der Waals surface area contributed by atoms with Gasteiger partial charge in [0.25, 0.3) is 5.69 Å². The van der Waals surface area contributed by atoms with Gasteiger partial charge >= 0.3 is 5.97 Å². The number of benzene rings is 1. The Morgan fingerprint density at radius 2 is 2.19 bits per heavy atom. The Labute approximate surface area is 124 Å². The molecule has 0 saturated heterocycles. The molecule has 114 valence electrons. The number of ether oxygens (including phenoxy) is 1. The second-order valence-corrected chi connectivity index (χ2v) is 4.46. The minimum atomic E-state index is -0.390. The van der Waals surface area contributed by atoms with Gasteiger partial charge in [0, 0.05) is 24.7 Å². The maximum atomic E-state index is 11.5. The predicted octanol–water partition coefficient (Wildman–Crippen LogP) is 2.19. The first-order valence-corrected chi connectivity index (χ1v) is 6.79. The summed E-state index contributed by atoms with van der Waals surface area (Å²) in [6.45, 7) is 6.95. The van der Waals surface area contributed by atoms with Gasteiger partial charge in [0.15, 0.2) is 0 Å². The zero-order chi connectivity index (χ0) is 15.7. The van der Waals surface area contributed by atoms with Crippen molar-refractivity contribution < 1.29 is 14.5 Å². The molecule has 0 saturated carbocycles. The quantitative estimate of drug-likeness (QED) is 0.302. The number of nitro benzene ring substituents is 1. The first kappa shape index (κ1) is 16.8. The van der Waals surface area contributed by atoms with Crippen LogP contribution in [-0.2, 0) is 16.0 Å². The van der Waals surface area contributed by atoms with Crippen molar-refractivity contribution in [2.24, 2.45) is 0 Å². The van der Waals surface area contributed by atoms with E-state index in [1.54, 1.807) is 31.2 Å². The third-order valence-electron chi connectivity index (χ3n) is 2.93. The van der Waals surface area contributed by atoms with Gasteiger partial charge in [-0.05, 0) is 13.3 Å². The molecule has 0 N–H and O–H groups in total. The highest BCUT2D eigenvalue weighted by molar-refractivity contribution is 5.71. The molecule has 1 aromatic rings. The maximum absolute atomic E-state index is 11.5. The molecular formula is C15H20N2O4. The summed E-state index contributed by atoms with van der Waals surface area (Å²) < 4.78 is 4.91. The minimum Gasteiger partial charge on any atom is -0.465 e. The van der Waals surface area contributed by atoms with Crippen LogP contribution in [0.3, 0.4) is 0 Å². The van der Waals surface area contributed by atoms with Crippen LogP contribution in [0.25, 0.3) is 0 Å². The molecular weight excluding hydrogens is 272 g/mol. The number of carbonyl (C=O) groups excluding carboxylic acids is 1. The molecule has 0 radical (unpaired) electrons. The Kier molecular flexibility index (Phi) is 7.11. The highest BCUT2D eigenvalue weighted by Crippen LogP contribution is 2.18. The summed E-state index contributed by atoms with van der Waals surface area (Å²) in [5, 5.41) is 11.0. The molecule has 0 aliphatic rings. The molecule has 0 aliphatic heterocycles. The summed E-state index contributed by atoms with van der Waals surface area (Å²) in [6.07, 6.45) is 2.18. The van der Waals surface area contributed by atoms with E-state index in [-0.39, 0.29) is 18.2 Å². The van der Waals surface area contributed by atoms with Crippen LogP contribution < -0.4 is 0 Å². The first-order chi connectivity index (χ1) is 10.1. The van der Waals surface area contributed by atoms with Gasteiger partial charge in [-0.1, -0.05) is 24.3 Å². The van der Waals surface area contributed by atoms with Crippen LogP contribution in [-0.4, -0.2) is 42.0 Å². The van der Waals surface area contributed by atoms with Crippen LogP contribution in [0.15, 0.2) is 36.9 Å². The van der Waals surface area contributed by atoms with E-state index in [1.807, 2.05) is 4.90 Å². The Balaban J connectivity index is 2.66. The lowest BCUT2D eigenvalue weighted by molar-refractivity contribution is -0.385. The molecule has 1 rings (SSSR count). The molecule has 6 heteroatoms. The van der Waals surface area contributed by atoms with Gasteiger partial charge in [-0.3, -0.25) is 19.8 Å². The molecule has 0 unspecified atom stereocenters. The van der Waals surface area contributed by atoms with Crippen molar-refractivity contribution in [2.45, 2.75) is 13.3 Å². The van der Waals surface area contributed by atoms with Crippen LogP contribution in [0.5, 0.6) is 0 Å². The zero-order valence-corrected chi connectivity index (χ0v) is 12.2. The Morgan fingerprint density at radius 3 is 2.81 bits per heavy atom. The molecule has 6 nitrogen and oxygen atoms in total. The van der Waals surface area contributed by atoms with Crippen molar-refractivity contribution in [2.75, 3.05) is 26.2 Å². The minimum absolute atomic E-state index is 0.104. The number of para-hydroxylation sites is 1. The molecule has 0 atom stereocenters. The summed E-state index contributed by atoms with van der Waals surface area (Å²) >= 11 is 0. The number of rotatable bonds is 9. The Morgan fingerprint density at radius 1 is 1.48 bits per heavy atom. The van der Waals surface area contributed by atoms with Gasteiger partial charge in [-0.2, -0.15) is 0 Å². The van der Waals surface area contributed by atoms with E-state index in [1.165, 1.54) is 6.07 Å². The van der Waals surface area contributed by atoms with Crippen LogP contribution in [0.4, 0.5) is 5.69 Å². The molecule has 0 aromatic heterocycles. The first-order valence-electron chi connectivity index (χ1n) is 6.79. The summed E-state index contributed by atoms with van der Waals surface area (Å²) in [4.78, 5) is 23.9. The summed E-state index contributed by atoms with van der Waals surface area (Å²) in [5.74, 6) is -0.304. The number of hydrogen-bond acceptors (Lipinski definition) is 5. The standard InChI is InChI=1S/C15H20N2O4/c1-3-10-16(12-15(18)21-4-2)11-9-13-7-5-6-8-14(13)17(19)20/h3,5-8H,1,4,9-12H2,2H3. The van der Waals surface area contributed by atoms with Gasteiger partial charge in [-0.25, -0.2) is 0 Å². The van der Waals surface area contributed by atoms with E-state index in [2.05, 4.69) is 6.58 Å². The fraction of sp³-hybridized carbons (Fsp3) is 0.400. The number of hydrogen-bond donors (Lipinski definition) is 0. The average molecular weight is 292 g/mol. The monoisotopic (exact) mass is 292 g/mol. The second kappa shape index (κ2) is 8.86. The fourth-order valence-corrected chi connectivity index (χ4v) is 1.99. The van der Waals surface area contributed by atoms with E-state index >= 15 is 0 Å². The smallest absolute Gasteiger partial charge is 0.320 e. The van der Waals surface area contributed by atoms with E-state index in [4.69, 9.17) is 4.74 Å². The van der Waals surface area contributed by atoms with Gasteiger partial charge in [0.05, 0.1) is 18.1 Å². The van der Waals surface area contributed by atoms with Crippen LogP contribution in [0.1, 0.15) is 12.5 Å². The molecule has 21 heavy (non-hydrogen) atoms. The lowest BCUT2D eigenvalue weighted by Gasteiger charge is -2.19. The highest BCUT2D eigenvalue weighted by Gasteiger charge is 2.15. The number of carbonyl (C=O) groups is 1. The molecule has 0 aliphatic carbocycles. The van der Waals surface area contributed by atoms with Crippen molar-refractivity contribution in [1.29, 1.82) is 0 Å². The van der Waals surface area contributed by atoms with E-state index in [9.17, 15) is 14.9 Å². The molecule has 0 spiro atoms. The largest absolute Gasteiger partial charge is 0.465 e. The number of nitrogens with zero attached hydrogens (tertiary/aromatic N) is 2. The Bertz CT molecular complexity index is 502. The van der Waals surface area contributed by atoms with Crippen molar-refractivity contribution in [1.82, 2.24) is 4.90 Å². The fourth-order valence-electron chi connectivity index (χ4n) is 1.99. The van der Waals surface area contributed by atoms with Crippen molar-refractivity contribution in [3.63, 3.8) is 0 Å². The zero-order valence-electron chi connectivity index (χ0n) is 12.2. The van der Waals surface area contributed by atoms with Crippen molar-refractivity contribution in [3.05, 3.63) is 52.6 Å².